The summed E-state index contributed by atoms with van der Waals surface area (Å²) < 4.78 is 25.4. The number of nitrogens with two attached hydrogens (primary N) is 1. The van der Waals surface area contributed by atoms with E-state index in [1.165, 1.54) is 16.2 Å². The topological polar surface area (TPSA) is 113 Å². The van der Waals surface area contributed by atoms with E-state index in [-0.39, 0.29) is 37.5 Å². The molecule has 8 nitrogen and oxygen atoms in total. The predicted octanol–water partition coefficient (Wildman–Crippen LogP) is 0.107. The lowest BCUT2D eigenvalue weighted by atomic mass is 9.92. The maximum atomic E-state index is 12.9. The molecular weight excluding hydrogens is 388 g/mol. The first kappa shape index (κ1) is 20.2. The second kappa shape index (κ2) is 8.26. The first-order valence-corrected chi connectivity index (χ1v) is 11.8. The van der Waals surface area contributed by atoms with E-state index in [1.807, 2.05) is 17.5 Å². The van der Waals surface area contributed by atoms with Gasteiger partial charge in [0.15, 0.2) is 6.17 Å². The van der Waals surface area contributed by atoms with Gasteiger partial charge in [-0.3, -0.25) is 9.59 Å². The zero-order valence-electron chi connectivity index (χ0n) is 15.3. The van der Waals surface area contributed by atoms with Gasteiger partial charge in [0.05, 0.1) is 12.7 Å². The van der Waals surface area contributed by atoms with Gasteiger partial charge in [-0.25, -0.2) is 8.42 Å². The van der Waals surface area contributed by atoms with Gasteiger partial charge in [-0.2, -0.15) is 4.31 Å². The molecule has 0 radical (unpaired) electrons. The second-order valence-corrected chi connectivity index (χ2v) is 10.2. The lowest BCUT2D eigenvalue weighted by Crippen LogP contribution is -2.56. The third kappa shape index (κ3) is 4.87. The van der Waals surface area contributed by atoms with E-state index < -0.39 is 22.1 Å². The van der Waals surface area contributed by atoms with Crippen LogP contribution in [0, 0.1) is 0 Å². The Morgan fingerprint density at radius 2 is 1.96 bits per heavy atom. The van der Waals surface area contributed by atoms with Crippen molar-refractivity contribution in [3.63, 3.8) is 0 Å². The van der Waals surface area contributed by atoms with Crippen LogP contribution in [-0.4, -0.2) is 67.0 Å². The maximum Gasteiger partial charge on any atom is 0.259 e. The van der Waals surface area contributed by atoms with E-state index >= 15 is 0 Å². The minimum atomic E-state index is -3.61. The minimum absolute atomic E-state index is 0.0337. The van der Waals surface area contributed by atoms with Crippen LogP contribution in [0.5, 0.6) is 0 Å². The van der Waals surface area contributed by atoms with Gasteiger partial charge in [0.25, 0.3) is 5.91 Å². The van der Waals surface area contributed by atoms with Crippen molar-refractivity contribution in [3.05, 3.63) is 22.4 Å². The Bertz CT molecular complexity index is 773. The molecule has 10 heteroatoms. The van der Waals surface area contributed by atoms with E-state index in [0.29, 0.717) is 0 Å². The van der Waals surface area contributed by atoms with Crippen molar-refractivity contribution in [2.45, 2.75) is 50.4 Å². The first-order valence-electron chi connectivity index (χ1n) is 9.10. The van der Waals surface area contributed by atoms with E-state index in [2.05, 4.69) is 5.32 Å². The number of thiophene rings is 1. The van der Waals surface area contributed by atoms with Crippen molar-refractivity contribution in [1.82, 2.24) is 14.5 Å². The molecule has 1 aromatic heterocycles. The van der Waals surface area contributed by atoms with Gasteiger partial charge in [0, 0.05) is 30.1 Å². The largest absolute Gasteiger partial charge is 0.350 e. The number of amides is 2. The van der Waals surface area contributed by atoms with Crippen molar-refractivity contribution < 1.29 is 18.0 Å². The molecule has 1 saturated heterocycles. The molecule has 1 atom stereocenters. The first-order chi connectivity index (χ1) is 12.8. The van der Waals surface area contributed by atoms with Crippen molar-refractivity contribution in [1.29, 1.82) is 0 Å². The number of nitrogens with one attached hydrogen (secondary N) is 1. The summed E-state index contributed by atoms with van der Waals surface area (Å²) in [5.74, 6) is -0.674. The Hall–Kier alpha value is -1.49. The Kier molecular flexibility index (Phi) is 6.19. The molecule has 3 rings (SSSR count). The van der Waals surface area contributed by atoms with Crippen LogP contribution >= 0.6 is 11.3 Å². The molecule has 0 bridgehead atoms. The van der Waals surface area contributed by atoms with Crippen LogP contribution in [0.25, 0.3) is 0 Å². The number of carbonyl (C=O) groups is 2. The smallest absolute Gasteiger partial charge is 0.259 e. The van der Waals surface area contributed by atoms with Crippen LogP contribution in [0.4, 0.5) is 0 Å². The highest BCUT2D eigenvalue weighted by Crippen LogP contribution is 2.23. The molecule has 1 aliphatic carbocycles. The highest BCUT2D eigenvalue weighted by molar-refractivity contribution is 7.88. The zero-order chi connectivity index (χ0) is 19.6. The molecule has 2 heterocycles. The average Bonchev–Trinajstić information content (AvgIpc) is 3.25. The molecule has 1 saturated carbocycles. The lowest BCUT2D eigenvalue weighted by Gasteiger charge is -2.32. The van der Waals surface area contributed by atoms with Crippen molar-refractivity contribution in [2.24, 2.45) is 5.73 Å². The van der Waals surface area contributed by atoms with E-state index in [4.69, 9.17) is 5.73 Å². The van der Waals surface area contributed by atoms with E-state index in [9.17, 15) is 18.0 Å². The molecule has 2 amide bonds. The Morgan fingerprint density at radius 1 is 1.26 bits per heavy atom. The number of sulfonamides is 1. The summed E-state index contributed by atoms with van der Waals surface area (Å²) >= 11 is 1.46. The second-order valence-electron chi connectivity index (χ2n) is 7.21. The Balaban J connectivity index is 1.74. The maximum absolute atomic E-state index is 12.9. The van der Waals surface area contributed by atoms with Gasteiger partial charge in [0.1, 0.15) is 0 Å². The van der Waals surface area contributed by atoms with Crippen LogP contribution in [0.1, 0.15) is 30.6 Å². The van der Waals surface area contributed by atoms with E-state index in [0.717, 1.165) is 41.1 Å². The molecule has 3 N–H and O–H groups in total. The van der Waals surface area contributed by atoms with Crippen LogP contribution in [0.15, 0.2) is 17.5 Å². The van der Waals surface area contributed by atoms with Gasteiger partial charge in [-0.1, -0.05) is 6.07 Å². The molecule has 2 fully saturated rings. The van der Waals surface area contributed by atoms with Gasteiger partial charge in [0.2, 0.25) is 15.9 Å². The average molecular weight is 415 g/mol. The number of hydrogen-bond acceptors (Lipinski definition) is 6. The zero-order valence-corrected chi connectivity index (χ0v) is 17.0. The molecule has 0 spiro atoms. The van der Waals surface area contributed by atoms with Crippen molar-refractivity contribution in [3.8, 4) is 0 Å². The fourth-order valence-electron chi connectivity index (χ4n) is 3.69. The summed E-state index contributed by atoms with van der Waals surface area (Å²) in [6.45, 7) is 0.341. The van der Waals surface area contributed by atoms with Gasteiger partial charge in [-0.15, -0.1) is 11.3 Å². The molecule has 2 aliphatic rings. The monoisotopic (exact) mass is 414 g/mol. The molecule has 1 unspecified atom stereocenters. The summed E-state index contributed by atoms with van der Waals surface area (Å²) in [6.07, 6.45) is 3.29. The molecule has 150 valence electrons. The van der Waals surface area contributed by atoms with Gasteiger partial charge in [-0.05, 0) is 37.1 Å². The van der Waals surface area contributed by atoms with Crippen LogP contribution in [0.3, 0.4) is 0 Å². The normalized spacial score (nSPS) is 26.9. The number of carbonyl (C=O) groups excluding carboxylic acids is 2. The molecular formula is C17H26N4O4S2. The molecule has 1 aliphatic heterocycles. The van der Waals surface area contributed by atoms with E-state index in [1.54, 1.807) is 0 Å². The minimum Gasteiger partial charge on any atom is -0.350 e. The predicted molar refractivity (Wildman–Crippen MR) is 103 cm³/mol. The van der Waals surface area contributed by atoms with Gasteiger partial charge < -0.3 is 16.0 Å². The highest BCUT2D eigenvalue weighted by Gasteiger charge is 2.44. The Morgan fingerprint density at radius 3 is 2.56 bits per heavy atom. The third-order valence-corrected chi connectivity index (χ3v) is 7.24. The summed E-state index contributed by atoms with van der Waals surface area (Å²) in [7, 11) is -3.61. The standard InChI is InChI=1S/C17H26N4O4S2/c1-27(24,25)21-9-8-20(15(22)11-14-3-2-10-26-14)17(21)16(23)19-13-6-4-12(18)5-7-13/h2-3,10,12-13,17H,4-9,11,18H2,1H3,(H,19,23). The summed E-state index contributed by atoms with van der Waals surface area (Å²) in [5, 5.41) is 4.82. The SMILES string of the molecule is CS(=O)(=O)N1CCN(C(=O)Cc2cccs2)C1C(=O)NC1CCC(N)CC1. The van der Waals surface area contributed by atoms with Crippen molar-refractivity contribution in [2.75, 3.05) is 19.3 Å². The molecule has 1 aromatic rings. The third-order valence-electron chi connectivity index (χ3n) is 5.13. The number of hydrogen-bond donors (Lipinski definition) is 2. The number of nitrogens with zero attached hydrogens (tertiary/aromatic N) is 2. The fourth-order valence-corrected chi connectivity index (χ4v) is 5.37. The summed E-state index contributed by atoms with van der Waals surface area (Å²) in [4.78, 5) is 27.9. The summed E-state index contributed by atoms with van der Waals surface area (Å²) in [5.41, 5.74) is 5.90. The van der Waals surface area contributed by atoms with Crippen LogP contribution in [-0.2, 0) is 26.0 Å². The quantitative estimate of drug-likeness (QED) is 0.710. The highest BCUT2D eigenvalue weighted by atomic mass is 32.2. The Labute approximate surface area is 163 Å². The summed E-state index contributed by atoms with van der Waals surface area (Å²) in [6, 6.07) is 3.83. The van der Waals surface area contributed by atoms with Crippen LogP contribution < -0.4 is 11.1 Å². The lowest BCUT2D eigenvalue weighted by molar-refractivity contribution is -0.140. The van der Waals surface area contributed by atoms with Crippen LogP contribution in [0.2, 0.25) is 0 Å². The molecule has 0 aromatic carbocycles. The number of rotatable bonds is 5. The van der Waals surface area contributed by atoms with Crippen molar-refractivity contribution >= 4 is 33.2 Å². The fraction of sp³-hybridized carbons (Fsp3) is 0.647. The van der Waals surface area contributed by atoms with Gasteiger partial charge >= 0.3 is 0 Å². The molecule has 27 heavy (non-hydrogen) atoms.